The summed E-state index contributed by atoms with van der Waals surface area (Å²) in [6, 6.07) is 2.75. The van der Waals surface area contributed by atoms with Gasteiger partial charge in [-0.05, 0) is 26.7 Å². The highest BCUT2D eigenvalue weighted by molar-refractivity contribution is 6.07. The predicted molar refractivity (Wildman–Crippen MR) is 122 cm³/mol. The van der Waals surface area contributed by atoms with Crippen LogP contribution in [0.5, 0.6) is 0 Å². The molecule has 3 saturated heterocycles. The summed E-state index contributed by atoms with van der Waals surface area (Å²) >= 11 is 0. The molecule has 0 N–H and O–H groups in total. The fourth-order valence-corrected chi connectivity index (χ4v) is 6.55. The van der Waals surface area contributed by atoms with Crippen molar-refractivity contribution in [3.05, 3.63) is 12.1 Å². The van der Waals surface area contributed by atoms with E-state index in [2.05, 4.69) is 37.7 Å². The minimum atomic E-state index is -0.760. The molecule has 0 aromatic rings. The first-order chi connectivity index (χ1) is 14.6. The Morgan fingerprint density at radius 3 is 1.88 bits per heavy atom. The summed E-state index contributed by atoms with van der Waals surface area (Å²) in [5.74, 6) is 0.212. The standard InChI is InChI=1S/C25H42N4O2.2BrH/c1-24(2)23(31)28-18-27(24)21(30)17-25(28)20(26(3)4)16-14-12-10-8-7-9-11-13-15-19-22(25)29(19,5)6;;/h7-18H2,1-6H3;2*1H/q+2;;/p-2. The smallest absolute Gasteiger partial charge is 0.259 e. The summed E-state index contributed by atoms with van der Waals surface area (Å²) < 4.78 is 2.98. The van der Waals surface area contributed by atoms with E-state index in [9.17, 15) is 9.59 Å². The Morgan fingerprint density at radius 1 is 0.818 bits per heavy atom. The number of quaternary nitrogens is 1. The van der Waals surface area contributed by atoms with Crippen LogP contribution in [0.25, 0.3) is 0 Å². The number of carbonyl (C=O) groups is 2. The first-order valence-electron chi connectivity index (χ1n) is 12.3. The average Bonchev–Trinajstić information content (AvgIpc) is 3.16. The number of carbonyl (C=O) groups excluding carboxylic acids is 2. The van der Waals surface area contributed by atoms with Gasteiger partial charge in [0.15, 0.2) is 5.71 Å². The van der Waals surface area contributed by atoms with Gasteiger partial charge in [0.1, 0.15) is 19.6 Å². The minimum Gasteiger partial charge on any atom is -1.00 e. The first kappa shape index (κ1) is 28.8. The van der Waals surface area contributed by atoms with Gasteiger partial charge in [0.05, 0.1) is 27.2 Å². The molecule has 1 saturated carbocycles. The van der Waals surface area contributed by atoms with E-state index in [1.807, 2.05) is 13.8 Å². The number of nitrogens with zero attached hydrogens (tertiary/aromatic N) is 4. The summed E-state index contributed by atoms with van der Waals surface area (Å²) in [7, 11) is 8.71. The van der Waals surface area contributed by atoms with Crippen LogP contribution >= 0.6 is 0 Å². The topological polar surface area (TPSA) is 43.6 Å². The van der Waals surface area contributed by atoms with Crippen LogP contribution in [0.1, 0.15) is 84.5 Å². The molecule has 2 amide bonds. The van der Waals surface area contributed by atoms with E-state index in [-0.39, 0.29) is 45.8 Å². The second-order valence-corrected chi connectivity index (χ2v) is 11.2. The summed E-state index contributed by atoms with van der Waals surface area (Å²) in [6.45, 7) is 4.23. The van der Waals surface area contributed by atoms with Crippen molar-refractivity contribution in [2.24, 2.45) is 0 Å². The van der Waals surface area contributed by atoms with E-state index in [1.54, 1.807) is 4.90 Å². The molecule has 1 atom stereocenters. The zero-order chi connectivity index (χ0) is 22.6. The molecule has 1 aliphatic carbocycles. The summed E-state index contributed by atoms with van der Waals surface area (Å²) in [5, 5.41) is 0. The number of hydrogen-bond donors (Lipinski definition) is 0. The van der Waals surface area contributed by atoms with Crippen LogP contribution in [0.2, 0.25) is 0 Å². The van der Waals surface area contributed by atoms with Crippen LogP contribution in [0.3, 0.4) is 0 Å². The maximum atomic E-state index is 13.7. The molecular formula is C25H42Br2N4O2. The third kappa shape index (κ3) is 4.57. The van der Waals surface area contributed by atoms with Crippen molar-refractivity contribution >= 4 is 17.5 Å². The number of hydrogen-bond acceptors (Lipinski definition) is 2. The third-order valence-electron chi connectivity index (χ3n) is 8.34. The lowest BCUT2D eigenvalue weighted by Gasteiger charge is -2.41. The number of fused-ring (bicyclic) bond motifs is 5. The van der Waals surface area contributed by atoms with E-state index < -0.39 is 11.1 Å². The third-order valence-corrected chi connectivity index (χ3v) is 8.34. The highest BCUT2D eigenvalue weighted by atomic mass is 79.9. The van der Waals surface area contributed by atoms with E-state index in [0.717, 1.165) is 23.7 Å². The monoisotopic (exact) mass is 588 g/mol. The molecule has 8 heteroatoms. The molecule has 33 heavy (non-hydrogen) atoms. The molecule has 188 valence electrons. The lowest BCUT2D eigenvalue weighted by Crippen LogP contribution is -3.00. The normalized spacial score (nSPS) is 30.3. The molecule has 2 radical (unpaired) electrons. The van der Waals surface area contributed by atoms with E-state index in [4.69, 9.17) is 0 Å². The van der Waals surface area contributed by atoms with E-state index in [1.165, 1.54) is 62.7 Å². The first-order valence-corrected chi connectivity index (χ1v) is 12.3. The molecule has 4 rings (SSSR count). The van der Waals surface area contributed by atoms with Crippen LogP contribution in [0.15, 0.2) is 0 Å². The van der Waals surface area contributed by atoms with Gasteiger partial charge in [0.25, 0.3) is 11.9 Å². The summed E-state index contributed by atoms with van der Waals surface area (Å²) in [4.78, 5) is 31.1. The lowest BCUT2D eigenvalue weighted by atomic mass is 9.78. The Morgan fingerprint density at radius 2 is 1.33 bits per heavy atom. The quantitative estimate of drug-likeness (QED) is 0.176. The van der Waals surface area contributed by atoms with Crippen LogP contribution < -0.4 is 34.0 Å². The van der Waals surface area contributed by atoms with Gasteiger partial charge in [-0.1, -0.05) is 38.5 Å². The van der Waals surface area contributed by atoms with Crippen LogP contribution in [-0.4, -0.2) is 82.3 Å². The van der Waals surface area contributed by atoms with Crippen LogP contribution in [0, 0.1) is 12.1 Å². The van der Waals surface area contributed by atoms with Crippen molar-refractivity contribution in [3.63, 3.8) is 0 Å². The molecule has 2 bridgehead atoms. The second kappa shape index (κ2) is 10.3. The Bertz CT molecular complexity index is 793. The van der Waals surface area contributed by atoms with Crippen LogP contribution in [0.4, 0.5) is 0 Å². The zero-order valence-corrected chi connectivity index (χ0v) is 24.5. The molecule has 0 aromatic carbocycles. The Labute approximate surface area is 221 Å². The summed E-state index contributed by atoms with van der Waals surface area (Å²) in [6.07, 6.45) is 12.5. The Balaban J connectivity index is 0.00000193. The molecule has 1 unspecified atom stereocenters. The van der Waals surface area contributed by atoms with E-state index >= 15 is 0 Å². The fourth-order valence-electron chi connectivity index (χ4n) is 6.55. The maximum absolute atomic E-state index is 13.7. The minimum absolute atomic E-state index is 0. The molecular weight excluding hydrogens is 548 g/mol. The predicted octanol–water partition coefficient (Wildman–Crippen LogP) is -2.67. The molecule has 3 heterocycles. The Hall–Kier alpha value is -0.470. The van der Waals surface area contributed by atoms with Crippen molar-refractivity contribution in [1.29, 1.82) is 0 Å². The highest BCUT2D eigenvalue weighted by Crippen LogP contribution is 2.63. The van der Waals surface area contributed by atoms with Gasteiger partial charge in [0, 0.05) is 12.8 Å². The van der Waals surface area contributed by atoms with Gasteiger partial charge in [-0.2, -0.15) is 0 Å². The van der Waals surface area contributed by atoms with Gasteiger partial charge >= 0.3 is 0 Å². The van der Waals surface area contributed by atoms with Crippen molar-refractivity contribution < 1.29 is 52.6 Å². The maximum Gasteiger partial charge on any atom is 0.259 e. The summed E-state index contributed by atoms with van der Waals surface area (Å²) in [5.41, 5.74) is -0.117. The van der Waals surface area contributed by atoms with Gasteiger partial charge in [-0.3, -0.25) is 14.1 Å². The molecule has 4 aliphatic rings. The fraction of sp³-hybridized carbons (Fsp3) is 0.800. The number of amides is 2. The van der Waals surface area contributed by atoms with Crippen molar-refractivity contribution in [2.45, 2.75) is 95.6 Å². The second-order valence-electron chi connectivity index (χ2n) is 11.2. The molecule has 6 nitrogen and oxygen atoms in total. The van der Waals surface area contributed by atoms with Gasteiger partial charge in [-0.15, -0.1) is 0 Å². The Kier molecular flexibility index (Phi) is 8.94. The molecule has 1 spiro atoms. The van der Waals surface area contributed by atoms with E-state index in [0.29, 0.717) is 13.1 Å². The van der Waals surface area contributed by atoms with Crippen LogP contribution in [-0.2, 0) is 9.59 Å². The number of likely N-dealkylation sites (N-methyl/N-ethyl adjacent to an activating group) is 1. The van der Waals surface area contributed by atoms with Crippen molar-refractivity contribution in [1.82, 2.24) is 9.80 Å². The highest BCUT2D eigenvalue weighted by Gasteiger charge is 2.81. The largest absolute Gasteiger partial charge is 1.00 e. The van der Waals surface area contributed by atoms with Crippen molar-refractivity contribution in [3.8, 4) is 0 Å². The molecule has 0 aromatic heterocycles. The number of rotatable bonds is 0. The van der Waals surface area contributed by atoms with Crippen molar-refractivity contribution in [2.75, 3.05) is 34.9 Å². The molecule has 3 aliphatic heterocycles. The zero-order valence-electron chi connectivity index (χ0n) is 21.3. The van der Waals surface area contributed by atoms with Gasteiger partial charge < -0.3 is 43.8 Å². The SMILES string of the molecule is C[N+](C)=C1CCCCCCCCCC[C]2[C](C13CC(=O)N1CN3C(=O)C1(C)C)[N+]2(C)C.[Br-].[Br-]. The van der Waals surface area contributed by atoms with Gasteiger partial charge in [-0.25, -0.2) is 4.58 Å². The average molecular weight is 590 g/mol. The molecule has 4 fully saturated rings. The lowest BCUT2D eigenvalue weighted by molar-refractivity contribution is -0.745. The van der Waals surface area contributed by atoms with Gasteiger partial charge in [0.2, 0.25) is 17.5 Å². The number of halogens is 2.